The predicted molar refractivity (Wildman–Crippen MR) is 114 cm³/mol. The van der Waals surface area contributed by atoms with Crippen molar-refractivity contribution in [2.75, 3.05) is 0 Å². The molecule has 0 aliphatic rings. The minimum atomic E-state index is -0.343. The van der Waals surface area contributed by atoms with Gasteiger partial charge in [0.15, 0.2) is 5.69 Å². The Labute approximate surface area is 170 Å². The molecule has 0 fully saturated rings. The van der Waals surface area contributed by atoms with Crippen molar-refractivity contribution < 1.29 is 4.79 Å². The van der Waals surface area contributed by atoms with Gasteiger partial charge in [-0.1, -0.05) is 70.5 Å². The summed E-state index contributed by atoms with van der Waals surface area (Å²) in [5.41, 5.74) is 4.91. The number of hydrazone groups is 1. The smallest absolute Gasteiger partial charge is 0.268 e. The molecule has 1 amide bonds. The lowest BCUT2D eigenvalue weighted by atomic mass is 10.1. The fourth-order valence-corrected chi connectivity index (χ4v) is 3.42. The SMILES string of the molecule is O=C(N/N=C\c1cccc2ccccc12)c1ccn(Cc2cccc(Br)c2)n1. The molecule has 0 spiro atoms. The zero-order valence-corrected chi connectivity index (χ0v) is 16.5. The molecule has 0 atom stereocenters. The molecule has 0 bridgehead atoms. The minimum absolute atomic E-state index is 0.324. The predicted octanol–water partition coefficient (Wildman–Crippen LogP) is 4.61. The van der Waals surface area contributed by atoms with Crippen molar-refractivity contribution in [3.63, 3.8) is 0 Å². The highest BCUT2D eigenvalue weighted by atomic mass is 79.9. The Morgan fingerprint density at radius 2 is 1.89 bits per heavy atom. The summed E-state index contributed by atoms with van der Waals surface area (Å²) in [6, 6.07) is 23.7. The second kappa shape index (κ2) is 8.19. The van der Waals surface area contributed by atoms with Crippen LogP contribution in [-0.2, 0) is 6.54 Å². The van der Waals surface area contributed by atoms with Gasteiger partial charge in [-0.05, 0) is 34.5 Å². The lowest BCUT2D eigenvalue weighted by Gasteiger charge is -2.02. The van der Waals surface area contributed by atoms with Crippen LogP contribution in [0.1, 0.15) is 21.6 Å². The summed E-state index contributed by atoms with van der Waals surface area (Å²) < 4.78 is 2.74. The molecular formula is C22H17BrN4O. The lowest BCUT2D eigenvalue weighted by Crippen LogP contribution is -2.18. The van der Waals surface area contributed by atoms with Gasteiger partial charge in [0, 0.05) is 16.2 Å². The van der Waals surface area contributed by atoms with Crippen LogP contribution in [0.2, 0.25) is 0 Å². The molecule has 0 aliphatic heterocycles. The monoisotopic (exact) mass is 432 g/mol. The molecule has 4 aromatic rings. The van der Waals surface area contributed by atoms with E-state index in [4.69, 9.17) is 0 Å². The summed E-state index contributed by atoms with van der Waals surface area (Å²) in [6.07, 6.45) is 3.43. The number of nitrogens with one attached hydrogen (secondary N) is 1. The number of nitrogens with zero attached hydrogens (tertiary/aromatic N) is 3. The lowest BCUT2D eigenvalue weighted by molar-refractivity contribution is 0.0949. The molecule has 0 radical (unpaired) electrons. The van der Waals surface area contributed by atoms with Crippen molar-refractivity contribution in [1.82, 2.24) is 15.2 Å². The number of benzene rings is 3. The van der Waals surface area contributed by atoms with Crippen molar-refractivity contribution >= 4 is 38.8 Å². The molecule has 6 heteroatoms. The van der Waals surface area contributed by atoms with Crippen LogP contribution in [-0.4, -0.2) is 21.9 Å². The van der Waals surface area contributed by atoms with Crippen LogP contribution >= 0.6 is 15.9 Å². The van der Waals surface area contributed by atoms with Gasteiger partial charge in [-0.3, -0.25) is 9.48 Å². The van der Waals surface area contributed by atoms with E-state index in [2.05, 4.69) is 31.6 Å². The van der Waals surface area contributed by atoms with Crippen molar-refractivity contribution in [3.8, 4) is 0 Å². The third-order valence-corrected chi connectivity index (χ3v) is 4.79. The first-order valence-corrected chi connectivity index (χ1v) is 9.57. The van der Waals surface area contributed by atoms with Gasteiger partial charge in [0.05, 0.1) is 12.8 Å². The average Bonchev–Trinajstić information content (AvgIpc) is 3.17. The quantitative estimate of drug-likeness (QED) is 0.369. The van der Waals surface area contributed by atoms with Crippen LogP contribution in [0.4, 0.5) is 0 Å². The first-order valence-electron chi connectivity index (χ1n) is 8.78. The molecule has 1 heterocycles. The Morgan fingerprint density at radius 3 is 2.79 bits per heavy atom. The maximum atomic E-state index is 12.3. The van der Waals surface area contributed by atoms with Crippen molar-refractivity contribution in [1.29, 1.82) is 0 Å². The first kappa shape index (κ1) is 18.1. The summed E-state index contributed by atoms with van der Waals surface area (Å²) in [5.74, 6) is -0.343. The zero-order valence-electron chi connectivity index (χ0n) is 14.9. The van der Waals surface area contributed by atoms with Gasteiger partial charge in [0.2, 0.25) is 0 Å². The molecule has 138 valence electrons. The van der Waals surface area contributed by atoms with Gasteiger partial charge in [0.1, 0.15) is 0 Å². The van der Waals surface area contributed by atoms with Crippen molar-refractivity contribution in [3.05, 3.63) is 100 Å². The van der Waals surface area contributed by atoms with Gasteiger partial charge in [-0.2, -0.15) is 10.2 Å². The minimum Gasteiger partial charge on any atom is -0.268 e. The van der Waals surface area contributed by atoms with Crippen LogP contribution < -0.4 is 5.43 Å². The first-order chi connectivity index (χ1) is 13.7. The maximum Gasteiger partial charge on any atom is 0.291 e. The van der Waals surface area contributed by atoms with Gasteiger partial charge in [-0.25, -0.2) is 5.43 Å². The largest absolute Gasteiger partial charge is 0.291 e. The molecular weight excluding hydrogens is 416 g/mol. The summed E-state index contributed by atoms with van der Waals surface area (Å²) in [5, 5.41) is 10.6. The number of rotatable bonds is 5. The summed E-state index contributed by atoms with van der Waals surface area (Å²) in [7, 11) is 0. The molecule has 0 unspecified atom stereocenters. The number of carbonyl (C=O) groups is 1. The summed E-state index contributed by atoms with van der Waals surface area (Å²) >= 11 is 3.46. The Bertz CT molecular complexity index is 1160. The molecule has 4 rings (SSSR count). The third-order valence-electron chi connectivity index (χ3n) is 4.30. The Balaban J connectivity index is 1.43. The number of hydrogen-bond donors (Lipinski definition) is 1. The number of amides is 1. The van der Waals surface area contributed by atoms with Crippen LogP contribution in [0.25, 0.3) is 10.8 Å². The van der Waals surface area contributed by atoms with Crippen LogP contribution in [0, 0.1) is 0 Å². The number of aromatic nitrogens is 2. The molecule has 28 heavy (non-hydrogen) atoms. The summed E-state index contributed by atoms with van der Waals surface area (Å²) in [6.45, 7) is 0.589. The van der Waals surface area contributed by atoms with Gasteiger partial charge < -0.3 is 0 Å². The topological polar surface area (TPSA) is 59.3 Å². The molecule has 5 nitrogen and oxygen atoms in total. The Kier molecular flexibility index (Phi) is 5.30. The normalized spacial score (nSPS) is 11.2. The molecule has 0 aliphatic carbocycles. The average molecular weight is 433 g/mol. The van der Waals surface area contributed by atoms with E-state index in [0.717, 1.165) is 26.4 Å². The maximum absolute atomic E-state index is 12.3. The van der Waals surface area contributed by atoms with Crippen LogP contribution in [0.15, 0.2) is 88.6 Å². The van der Waals surface area contributed by atoms with Gasteiger partial charge >= 0.3 is 0 Å². The molecule has 3 aromatic carbocycles. The molecule has 1 N–H and O–H groups in total. The van der Waals surface area contributed by atoms with Crippen molar-refractivity contribution in [2.24, 2.45) is 5.10 Å². The van der Waals surface area contributed by atoms with E-state index in [9.17, 15) is 4.79 Å². The third kappa shape index (κ3) is 4.18. The Hall–Kier alpha value is -3.25. The van der Waals surface area contributed by atoms with E-state index < -0.39 is 0 Å². The second-order valence-corrected chi connectivity index (χ2v) is 7.21. The standard InChI is InChI=1S/C22H17BrN4O/c23-19-9-3-5-16(13-19)15-27-12-11-21(26-27)22(28)25-24-14-18-8-4-7-17-6-1-2-10-20(17)18/h1-14H,15H2,(H,25,28)/b24-14-. The highest BCUT2D eigenvalue weighted by Gasteiger charge is 2.09. The highest BCUT2D eigenvalue weighted by molar-refractivity contribution is 9.10. The van der Waals surface area contributed by atoms with Crippen LogP contribution in [0.5, 0.6) is 0 Å². The fraction of sp³-hybridized carbons (Fsp3) is 0.0455. The number of fused-ring (bicyclic) bond motifs is 1. The van der Waals surface area contributed by atoms with Gasteiger partial charge in [-0.15, -0.1) is 0 Å². The van der Waals surface area contributed by atoms with E-state index in [1.165, 1.54) is 0 Å². The molecule has 0 saturated heterocycles. The van der Waals surface area contributed by atoms with E-state index in [-0.39, 0.29) is 5.91 Å². The van der Waals surface area contributed by atoms with E-state index in [1.54, 1.807) is 23.2 Å². The summed E-state index contributed by atoms with van der Waals surface area (Å²) in [4.78, 5) is 12.3. The van der Waals surface area contributed by atoms with Crippen LogP contribution in [0.3, 0.4) is 0 Å². The zero-order chi connectivity index (χ0) is 19.3. The molecule has 0 saturated carbocycles. The number of halogens is 1. The van der Waals surface area contributed by atoms with Crippen molar-refractivity contribution in [2.45, 2.75) is 6.54 Å². The molecule has 1 aromatic heterocycles. The van der Waals surface area contributed by atoms with E-state index in [1.807, 2.05) is 66.7 Å². The van der Waals surface area contributed by atoms with Gasteiger partial charge in [0.25, 0.3) is 5.91 Å². The van der Waals surface area contributed by atoms with E-state index >= 15 is 0 Å². The fourth-order valence-electron chi connectivity index (χ4n) is 2.97. The second-order valence-electron chi connectivity index (χ2n) is 6.30. The number of hydrogen-bond acceptors (Lipinski definition) is 3. The number of carbonyl (C=O) groups excluding carboxylic acids is 1. The Morgan fingerprint density at radius 1 is 1.07 bits per heavy atom. The highest BCUT2D eigenvalue weighted by Crippen LogP contribution is 2.16. The van der Waals surface area contributed by atoms with E-state index in [0.29, 0.717) is 12.2 Å².